The van der Waals surface area contributed by atoms with Crippen molar-refractivity contribution in [1.29, 1.82) is 0 Å². The van der Waals surface area contributed by atoms with Gasteiger partial charge in [-0.25, -0.2) is 0 Å². The van der Waals surface area contributed by atoms with Crippen LogP contribution in [-0.2, 0) is 0 Å². The van der Waals surface area contributed by atoms with E-state index < -0.39 is 0 Å². The zero-order chi connectivity index (χ0) is 13.8. The summed E-state index contributed by atoms with van der Waals surface area (Å²) in [5, 5.41) is 7.10. The van der Waals surface area contributed by atoms with Gasteiger partial charge in [0, 0.05) is 30.0 Å². The summed E-state index contributed by atoms with van der Waals surface area (Å²) in [7, 11) is 0. The van der Waals surface area contributed by atoms with E-state index in [0.717, 1.165) is 0 Å². The quantitative estimate of drug-likeness (QED) is 0.304. The van der Waals surface area contributed by atoms with E-state index in [-0.39, 0.29) is 0 Å². The summed E-state index contributed by atoms with van der Waals surface area (Å²) in [4.78, 5) is 2.70. The lowest BCUT2D eigenvalue weighted by molar-refractivity contribution is 1.44. The maximum Gasteiger partial charge on any atom is 0.0349 e. The second kappa shape index (κ2) is 4.47. The first-order valence-corrected chi connectivity index (χ1v) is 9.34. The van der Waals surface area contributed by atoms with Gasteiger partial charge in [0.2, 0.25) is 0 Å². The number of rotatable bonds is 0. The molecular weight excluding hydrogens is 312 g/mol. The minimum absolute atomic E-state index is 1.35. The van der Waals surface area contributed by atoms with E-state index in [1.54, 1.807) is 0 Å². The standard InChI is InChI=1S/C18H10S3/c1-2-12-14-8-10-20-16(14)4-6-18(12)21-17-5-3-15-13(11(1)17)7-9-19-15/h1-10H. The molecule has 1 aliphatic rings. The Hall–Kier alpha value is -1.55. The molecule has 21 heavy (non-hydrogen) atoms. The van der Waals surface area contributed by atoms with Crippen molar-refractivity contribution in [3.63, 3.8) is 0 Å². The molecule has 0 aliphatic carbocycles. The zero-order valence-corrected chi connectivity index (χ0v) is 13.4. The van der Waals surface area contributed by atoms with Crippen LogP contribution in [0, 0.1) is 0 Å². The molecule has 2 aromatic heterocycles. The SMILES string of the molecule is C1=Cc2c(ccc3sccc23)Sc2ccc3sccc3c21. The Kier molecular flexibility index (Phi) is 2.56. The molecule has 4 aromatic rings. The summed E-state index contributed by atoms with van der Waals surface area (Å²) < 4.78 is 2.73. The van der Waals surface area contributed by atoms with Gasteiger partial charge in [0.15, 0.2) is 0 Å². The molecule has 0 fully saturated rings. The van der Waals surface area contributed by atoms with Gasteiger partial charge in [0.1, 0.15) is 0 Å². The van der Waals surface area contributed by atoms with Crippen molar-refractivity contribution < 1.29 is 0 Å². The molecule has 5 rings (SSSR count). The highest BCUT2D eigenvalue weighted by molar-refractivity contribution is 7.99. The van der Waals surface area contributed by atoms with Crippen LogP contribution in [0.2, 0.25) is 0 Å². The number of benzene rings is 2. The Bertz CT molecular complexity index is 935. The smallest absolute Gasteiger partial charge is 0.0349 e. The number of hydrogen-bond donors (Lipinski definition) is 0. The molecule has 0 unspecified atom stereocenters. The fraction of sp³-hybridized carbons (Fsp3) is 0. The summed E-state index contributed by atoms with van der Waals surface area (Å²) in [5.41, 5.74) is 2.72. The Morgan fingerprint density at radius 2 is 1.10 bits per heavy atom. The lowest BCUT2D eigenvalue weighted by Gasteiger charge is -2.07. The Labute approximate surface area is 134 Å². The Morgan fingerprint density at radius 1 is 0.571 bits per heavy atom. The van der Waals surface area contributed by atoms with Crippen LogP contribution in [0.3, 0.4) is 0 Å². The van der Waals surface area contributed by atoms with Gasteiger partial charge in [-0.3, -0.25) is 0 Å². The van der Waals surface area contributed by atoms with Gasteiger partial charge in [0.25, 0.3) is 0 Å². The highest BCUT2D eigenvalue weighted by atomic mass is 32.2. The van der Waals surface area contributed by atoms with Gasteiger partial charge >= 0.3 is 0 Å². The van der Waals surface area contributed by atoms with Gasteiger partial charge in [-0.05, 0) is 58.3 Å². The van der Waals surface area contributed by atoms with E-state index in [2.05, 4.69) is 59.3 Å². The number of thiophene rings is 2. The van der Waals surface area contributed by atoms with Crippen molar-refractivity contribution >= 4 is 66.8 Å². The van der Waals surface area contributed by atoms with Crippen molar-refractivity contribution in [2.75, 3.05) is 0 Å². The van der Waals surface area contributed by atoms with Crippen LogP contribution in [0.25, 0.3) is 32.3 Å². The summed E-state index contributed by atoms with van der Waals surface area (Å²) in [6, 6.07) is 13.5. The third-order valence-electron chi connectivity index (χ3n) is 3.91. The van der Waals surface area contributed by atoms with Crippen LogP contribution in [0.15, 0.2) is 56.9 Å². The summed E-state index contributed by atoms with van der Waals surface area (Å²) in [5.74, 6) is 0. The molecule has 100 valence electrons. The van der Waals surface area contributed by atoms with Crippen LogP contribution < -0.4 is 0 Å². The number of hydrogen-bond acceptors (Lipinski definition) is 3. The highest BCUT2D eigenvalue weighted by Gasteiger charge is 2.15. The molecule has 0 nitrogen and oxygen atoms in total. The van der Waals surface area contributed by atoms with Crippen LogP contribution >= 0.6 is 34.4 Å². The van der Waals surface area contributed by atoms with Crippen LogP contribution in [0.1, 0.15) is 11.1 Å². The number of fused-ring (bicyclic) bond motifs is 6. The predicted octanol–water partition coefficient (Wildman–Crippen LogP) is 6.75. The lowest BCUT2D eigenvalue weighted by Crippen LogP contribution is -1.80. The van der Waals surface area contributed by atoms with Crippen molar-refractivity contribution in [2.24, 2.45) is 0 Å². The maximum atomic E-state index is 2.29. The average molecular weight is 322 g/mol. The van der Waals surface area contributed by atoms with Crippen LogP contribution in [-0.4, -0.2) is 0 Å². The minimum atomic E-state index is 1.35. The van der Waals surface area contributed by atoms with E-state index in [1.807, 2.05) is 34.4 Å². The molecule has 0 saturated carbocycles. The fourth-order valence-corrected chi connectivity index (χ4v) is 5.59. The highest BCUT2D eigenvalue weighted by Crippen LogP contribution is 2.43. The van der Waals surface area contributed by atoms with Gasteiger partial charge in [-0.15, -0.1) is 22.7 Å². The van der Waals surface area contributed by atoms with Gasteiger partial charge in [-0.2, -0.15) is 0 Å². The first kappa shape index (κ1) is 12.0. The zero-order valence-electron chi connectivity index (χ0n) is 11.0. The fourth-order valence-electron chi connectivity index (χ4n) is 2.90. The Balaban J connectivity index is 1.83. The van der Waals surface area contributed by atoms with E-state index >= 15 is 0 Å². The van der Waals surface area contributed by atoms with Crippen molar-refractivity contribution in [3.8, 4) is 0 Å². The monoisotopic (exact) mass is 322 g/mol. The van der Waals surface area contributed by atoms with E-state index in [9.17, 15) is 0 Å². The molecule has 0 bridgehead atoms. The molecule has 1 aliphatic heterocycles. The van der Waals surface area contributed by atoms with Gasteiger partial charge in [-0.1, -0.05) is 23.9 Å². The minimum Gasteiger partial charge on any atom is -0.144 e. The molecule has 0 amide bonds. The largest absolute Gasteiger partial charge is 0.144 e. The topological polar surface area (TPSA) is 0 Å². The molecule has 2 aromatic carbocycles. The van der Waals surface area contributed by atoms with Crippen LogP contribution in [0.5, 0.6) is 0 Å². The average Bonchev–Trinajstić information content (AvgIpc) is 3.12. The normalized spacial score (nSPS) is 13.3. The summed E-state index contributed by atoms with van der Waals surface area (Å²) in [6.07, 6.45) is 4.58. The van der Waals surface area contributed by atoms with E-state index in [4.69, 9.17) is 0 Å². The van der Waals surface area contributed by atoms with Crippen molar-refractivity contribution in [3.05, 3.63) is 58.3 Å². The molecule has 3 heteroatoms. The molecular formula is C18H10S3. The van der Waals surface area contributed by atoms with E-state index in [0.29, 0.717) is 0 Å². The predicted molar refractivity (Wildman–Crippen MR) is 96.7 cm³/mol. The Morgan fingerprint density at radius 3 is 1.62 bits per heavy atom. The molecule has 0 saturated heterocycles. The van der Waals surface area contributed by atoms with Crippen LogP contribution in [0.4, 0.5) is 0 Å². The first-order valence-electron chi connectivity index (χ1n) is 6.76. The first-order chi connectivity index (χ1) is 10.4. The van der Waals surface area contributed by atoms with Crippen molar-refractivity contribution in [2.45, 2.75) is 9.79 Å². The summed E-state index contributed by atoms with van der Waals surface area (Å²) >= 11 is 5.51. The lowest BCUT2D eigenvalue weighted by atomic mass is 10.1. The summed E-state index contributed by atoms with van der Waals surface area (Å²) in [6.45, 7) is 0. The van der Waals surface area contributed by atoms with Crippen molar-refractivity contribution in [1.82, 2.24) is 0 Å². The third kappa shape index (κ3) is 1.75. The molecule has 0 spiro atoms. The van der Waals surface area contributed by atoms with E-state index in [1.165, 1.54) is 41.1 Å². The third-order valence-corrected chi connectivity index (χ3v) is 6.83. The maximum absolute atomic E-state index is 2.29. The second-order valence-electron chi connectivity index (χ2n) is 5.05. The molecule has 0 radical (unpaired) electrons. The van der Waals surface area contributed by atoms with Gasteiger partial charge < -0.3 is 0 Å². The molecule has 0 atom stereocenters. The second-order valence-corrected chi connectivity index (χ2v) is 8.03. The van der Waals surface area contributed by atoms with Gasteiger partial charge in [0.05, 0.1) is 0 Å². The molecule has 3 heterocycles. The molecule has 0 N–H and O–H groups in total.